The van der Waals surface area contributed by atoms with Gasteiger partial charge < -0.3 is 15.6 Å². The van der Waals surface area contributed by atoms with E-state index >= 15 is 0 Å². The van der Waals surface area contributed by atoms with Crippen molar-refractivity contribution in [1.29, 1.82) is 0 Å². The zero-order chi connectivity index (χ0) is 12.3. The minimum Gasteiger partial charge on any atom is -0.368 e. The SMILES string of the molecule is CNC(Cn1ccnc1-c1cccs1)C(N)=O. The number of rotatable bonds is 5. The minimum atomic E-state index is -0.386. The highest BCUT2D eigenvalue weighted by molar-refractivity contribution is 7.13. The molecule has 0 aromatic carbocycles. The van der Waals surface area contributed by atoms with Crippen molar-refractivity contribution in [3.63, 3.8) is 0 Å². The maximum atomic E-state index is 11.2. The van der Waals surface area contributed by atoms with Crippen LogP contribution in [0.25, 0.3) is 10.7 Å². The Morgan fingerprint density at radius 3 is 3.12 bits per heavy atom. The van der Waals surface area contributed by atoms with Crippen molar-refractivity contribution in [1.82, 2.24) is 14.9 Å². The summed E-state index contributed by atoms with van der Waals surface area (Å²) in [6.07, 6.45) is 3.57. The summed E-state index contributed by atoms with van der Waals surface area (Å²) in [7, 11) is 1.72. The van der Waals surface area contributed by atoms with Gasteiger partial charge in [-0.25, -0.2) is 4.98 Å². The number of hydrogen-bond donors (Lipinski definition) is 2. The fourth-order valence-corrected chi connectivity index (χ4v) is 2.34. The molecule has 90 valence electrons. The maximum Gasteiger partial charge on any atom is 0.236 e. The molecular weight excluding hydrogens is 236 g/mol. The van der Waals surface area contributed by atoms with E-state index in [1.165, 1.54) is 0 Å². The molecule has 5 nitrogen and oxygen atoms in total. The predicted octanol–water partition coefficient (Wildman–Crippen LogP) is 0.685. The van der Waals surface area contributed by atoms with Crippen LogP contribution in [-0.2, 0) is 11.3 Å². The van der Waals surface area contributed by atoms with Crippen molar-refractivity contribution in [3.05, 3.63) is 29.9 Å². The molecule has 2 heterocycles. The minimum absolute atomic E-state index is 0.363. The van der Waals surface area contributed by atoms with Gasteiger partial charge in [0.1, 0.15) is 11.9 Å². The van der Waals surface area contributed by atoms with Crippen LogP contribution in [0.1, 0.15) is 0 Å². The van der Waals surface area contributed by atoms with Crippen LogP contribution >= 0.6 is 11.3 Å². The van der Waals surface area contributed by atoms with Crippen molar-refractivity contribution >= 4 is 17.2 Å². The molecule has 0 aliphatic rings. The summed E-state index contributed by atoms with van der Waals surface area (Å²) in [6, 6.07) is 3.59. The molecule has 0 fully saturated rings. The number of aromatic nitrogens is 2. The molecule has 2 aromatic heterocycles. The van der Waals surface area contributed by atoms with E-state index in [-0.39, 0.29) is 11.9 Å². The number of nitrogens with one attached hydrogen (secondary N) is 1. The van der Waals surface area contributed by atoms with Crippen LogP contribution in [0.2, 0.25) is 0 Å². The summed E-state index contributed by atoms with van der Waals surface area (Å²) in [4.78, 5) is 16.6. The summed E-state index contributed by atoms with van der Waals surface area (Å²) in [5, 5.41) is 4.89. The first kappa shape index (κ1) is 11.8. The van der Waals surface area contributed by atoms with Crippen molar-refractivity contribution in [2.24, 2.45) is 5.73 Å². The third kappa shape index (κ3) is 2.54. The Morgan fingerprint density at radius 2 is 2.53 bits per heavy atom. The van der Waals surface area contributed by atoms with Gasteiger partial charge in [0.2, 0.25) is 5.91 Å². The van der Waals surface area contributed by atoms with Crippen molar-refractivity contribution in [2.45, 2.75) is 12.6 Å². The van der Waals surface area contributed by atoms with Gasteiger partial charge in [-0.3, -0.25) is 4.79 Å². The fourth-order valence-electron chi connectivity index (χ4n) is 1.61. The summed E-state index contributed by atoms with van der Waals surface area (Å²) < 4.78 is 1.93. The Hall–Kier alpha value is -1.66. The summed E-state index contributed by atoms with van der Waals surface area (Å²) in [5.41, 5.74) is 5.30. The van der Waals surface area contributed by atoms with Crippen LogP contribution in [0.4, 0.5) is 0 Å². The van der Waals surface area contributed by atoms with Gasteiger partial charge in [0, 0.05) is 18.9 Å². The molecule has 1 unspecified atom stereocenters. The lowest BCUT2D eigenvalue weighted by atomic mass is 10.3. The Kier molecular flexibility index (Phi) is 3.55. The van der Waals surface area contributed by atoms with Crippen LogP contribution in [-0.4, -0.2) is 28.5 Å². The highest BCUT2D eigenvalue weighted by atomic mass is 32.1. The van der Waals surface area contributed by atoms with Gasteiger partial charge in [-0.1, -0.05) is 6.07 Å². The molecule has 0 aliphatic heterocycles. The molecule has 0 bridgehead atoms. The number of primary amides is 1. The standard InChI is InChI=1S/C11H14N4OS/c1-13-8(10(12)16)7-15-5-4-14-11(15)9-3-2-6-17-9/h2-6,8,13H,7H2,1H3,(H2,12,16). The second kappa shape index (κ2) is 5.11. The first-order chi connectivity index (χ1) is 8.22. The molecule has 0 saturated carbocycles. The third-order valence-electron chi connectivity index (χ3n) is 2.53. The molecule has 0 aliphatic carbocycles. The first-order valence-corrected chi connectivity index (χ1v) is 6.12. The smallest absolute Gasteiger partial charge is 0.236 e. The van der Waals surface area contributed by atoms with Crippen molar-refractivity contribution in [3.8, 4) is 10.7 Å². The zero-order valence-electron chi connectivity index (χ0n) is 9.46. The highest BCUT2D eigenvalue weighted by Crippen LogP contribution is 2.22. The second-order valence-corrected chi connectivity index (χ2v) is 4.57. The molecule has 2 rings (SSSR count). The van der Waals surface area contributed by atoms with Gasteiger partial charge in [0.15, 0.2) is 0 Å². The lowest BCUT2D eigenvalue weighted by Crippen LogP contribution is -2.42. The number of imidazole rings is 1. The second-order valence-electron chi connectivity index (χ2n) is 3.62. The van der Waals surface area contributed by atoms with Crippen LogP contribution in [0.15, 0.2) is 29.9 Å². The third-order valence-corrected chi connectivity index (χ3v) is 3.39. The monoisotopic (exact) mass is 250 g/mol. The number of likely N-dealkylation sites (N-methyl/N-ethyl adjacent to an activating group) is 1. The van der Waals surface area contributed by atoms with Gasteiger partial charge in [-0.15, -0.1) is 11.3 Å². The summed E-state index contributed by atoms with van der Waals surface area (Å²) >= 11 is 1.62. The number of nitrogens with zero attached hydrogens (tertiary/aromatic N) is 2. The van der Waals surface area contributed by atoms with E-state index in [0.29, 0.717) is 6.54 Å². The molecule has 1 atom stereocenters. The molecular formula is C11H14N4OS. The largest absolute Gasteiger partial charge is 0.368 e. The van der Waals surface area contributed by atoms with Gasteiger partial charge in [0.25, 0.3) is 0 Å². The number of carbonyl (C=O) groups is 1. The van der Waals surface area contributed by atoms with E-state index in [0.717, 1.165) is 10.7 Å². The van der Waals surface area contributed by atoms with E-state index in [1.807, 2.05) is 28.3 Å². The van der Waals surface area contributed by atoms with E-state index in [1.54, 1.807) is 24.6 Å². The van der Waals surface area contributed by atoms with E-state index in [9.17, 15) is 4.79 Å². The van der Waals surface area contributed by atoms with Gasteiger partial charge in [0.05, 0.1) is 4.88 Å². The summed E-state index contributed by atoms with van der Waals surface area (Å²) in [6.45, 7) is 0.485. The quantitative estimate of drug-likeness (QED) is 0.819. The Bertz CT molecular complexity index is 491. The number of nitrogens with two attached hydrogens (primary N) is 1. The lowest BCUT2D eigenvalue weighted by molar-refractivity contribution is -0.120. The predicted molar refractivity (Wildman–Crippen MR) is 67.6 cm³/mol. The Labute approximate surface area is 103 Å². The molecule has 2 aromatic rings. The van der Waals surface area contributed by atoms with Gasteiger partial charge in [-0.05, 0) is 18.5 Å². The van der Waals surface area contributed by atoms with E-state index in [2.05, 4.69) is 10.3 Å². The topological polar surface area (TPSA) is 72.9 Å². The number of carbonyl (C=O) groups excluding carboxylic acids is 1. The molecule has 17 heavy (non-hydrogen) atoms. The van der Waals surface area contributed by atoms with Crippen LogP contribution in [0, 0.1) is 0 Å². The molecule has 3 N–H and O–H groups in total. The van der Waals surface area contributed by atoms with Crippen molar-refractivity contribution < 1.29 is 4.79 Å². The molecule has 6 heteroatoms. The van der Waals surface area contributed by atoms with E-state index < -0.39 is 0 Å². The van der Waals surface area contributed by atoms with Crippen LogP contribution in [0.3, 0.4) is 0 Å². The van der Waals surface area contributed by atoms with Crippen LogP contribution < -0.4 is 11.1 Å². The zero-order valence-corrected chi connectivity index (χ0v) is 10.3. The fraction of sp³-hybridized carbons (Fsp3) is 0.273. The number of hydrogen-bond acceptors (Lipinski definition) is 4. The van der Waals surface area contributed by atoms with Crippen LogP contribution in [0.5, 0.6) is 0 Å². The van der Waals surface area contributed by atoms with Crippen molar-refractivity contribution in [2.75, 3.05) is 7.05 Å². The first-order valence-electron chi connectivity index (χ1n) is 5.24. The highest BCUT2D eigenvalue weighted by Gasteiger charge is 2.15. The Balaban J connectivity index is 2.23. The summed E-state index contributed by atoms with van der Waals surface area (Å²) in [5.74, 6) is 0.500. The van der Waals surface area contributed by atoms with Gasteiger partial charge >= 0.3 is 0 Å². The molecule has 0 saturated heterocycles. The lowest BCUT2D eigenvalue weighted by Gasteiger charge is -2.14. The van der Waals surface area contributed by atoms with Gasteiger partial charge in [-0.2, -0.15) is 0 Å². The number of amides is 1. The molecule has 0 radical (unpaired) electrons. The number of thiophene rings is 1. The average Bonchev–Trinajstić information content (AvgIpc) is 2.95. The molecule has 1 amide bonds. The molecule has 0 spiro atoms. The average molecular weight is 250 g/mol. The Morgan fingerprint density at radius 1 is 1.71 bits per heavy atom. The normalized spacial score (nSPS) is 12.5. The maximum absolute atomic E-state index is 11.2. The van der Waals surface area contributed by atoms with E-state index in [4.69, 9.17) is 5.73 Å².